The van der Waals surface area contributed by atoms with E-state index in [4.69, 9.17) is 21.1 Å². The summed E-state index contributed by atoms with van der Waals surface area (Å²) in [6.45, 7) is -0.535. The highest BCUT2D eigenvalue weighted by molar-refractivity contribution is 8.00. The number of methoxy groups -OCH3 is 2. The number of ether oxygens (including phenoxy) is 2. The van der Waals surface area contributed by atoms with Crippen molar-refractivity contribution in [1.29, 1.82) is 0 Å². The van der Waals surface area contributed by atoms with E-state index in [1.807, 2.05) is 0 Å². The molecule has 0 unspecified atom stereocenters. The van der Waals surface area contributed by atoms with Crippen LogP contribution in [-0.2, 0) is 27.1 Å². The summed E-state index contributed by atoms with van der Waals surface area (Å²) in [5, 5.41) is 2.20. The summed E-state index contributed by atoms with van der Waals surface area (Å²) >= 11 is 7.88. The van der Waals surface area contributed by atoms with E-state index in [-0.39, 0.29) is 5.69 Å². The Balaban J connectivity index is 1.41. The number of nitrogens with one attached hydrogen (secondary N) is 1. The summed E-state index contributed by atoms with van der Waals surface area (Å²) in [6.07, 6.45) is -4.61. The number of hydrogen-bond donors (Lipinski definition) is 1. The van der Waals surface area contributed by atoms with Gasteiger partial charge in [0.05, 0.1) is 36.4 Å². The zero-order valence-corrected chi connectivity index (χ0v) is 26.4. The second-order valence-electron chi connectivity index (χ2n) is 10.4. The number of thioether (sulfide) groups is 1. The molecule has 0 aliphatic carbocycles. The van der Waals surface area contributed by atoms with Gasteiger partial charge in [-0.15, -0.1) is 0 Å². The van der Waals surface area contributed by atoms with E-state index in [1.54, 1.807) is 42.5 Å². The molecule has 2 aliphatic rings. The van der Waals surface area contributed by atoms with Gasteiger partial charge in [0.2, 0.25) is 17.7 Å². The maximum Gasteiger partial charge on any atom is 0.416 e. The maximum absolute atomic E-state index is 14.1. The molecule has 1 fully saturated rings. The first-order valence-corrected chi connectivity index (χ1v) is 15.7. The van der Waals surface area contributed by atoms with Crippen LogP contribution in [0, 0.1) is 5.92 Å². The molecule has 3 amide bonds. The van der Waals surface area contributed by atoms with Crippen LogP contribution < -0.4 is 24.6 Å². The largest absolute Gasteiger partial charge is 0.493 e. The fraction of sp³-hybridized carbons (Fsp3) is 0.226. The molecule has 3 atom stereocenters. The number of hydrogen-bond acceptors (Lipinski definition) is 8. The molecule has 15 heteroatoms. The Bertz CT molecular complexity index is 1930. The number of halogens is 4. The van der Waals surface area contributed by atoms with Crippen LogP contribution in [0.1, 0.15) is 21.9 Å². The van der Waals surface area contributed by atoms with Crippen LogP contribution in [0.5, 0.6) is 11.5 Å². The Morgan fingerprint density at radius 1 is 0.957 bits per heavy atom. The van der Waals surface area contributed by atoms with Gasteiger partial charge in [-0.2, -0.15) is 13.2 Å². The van der Waals surface area contributed by atoms with Gasteiger partial charge in [0.1, 0.15) is 11.8 Å². The van der Waals surface area contributed by atoms with E-state index in [9.17, 15) is 32.3 Å². The number of carbonyl (C=O) groups excluding carboxylic acids is 3. The van der Waals surface area contributed by atoms with Crippen molar-refractivity contribution >= 4 is 63.8 Å². The lowest BCUT2D eigenvalue weighted by Gasteiger charge is -2.31. The molecule has 1 saturated heterocycles. The Morgan fingerprint density at radius 2 is 1.67 bits per heavy atom. The fourth-order valence-corrected chi connectivity index (χ4v) is 8.52. The summed E-state index contributed by atoms with van der Waals surface area (Å²) in [5.74, 6) is -2.60. The molecule has 6 rings (SSSR count). The van der Waals surface area contributed by atoms with Gasteiger partial charge in [0.15, 0.2) is 11.5 Å². The number of anilines is 2. The van der Waals surface area contributed by atoms with Gasteiger partial charge in [-0.3, -0.25) is 23.7 Å². The van der Waals surface area contributed by atoms with Crippen LogP contribution in [0.2, 0.25) is 5.02 Å². The number of rotatable bonds is 7. The average Bonchev–Trinajstić information content (AvgIpc) is 3.47. The maximum atomic E-state index is 14.1. The highest BCUT2D eigenvalue weighted by Crippen LogP contribution is 2.54. The van der Waals surface area contributed by atoms with Gasteiger partial charge in [-0.25, -0.2) is 4.90 Å². The number of thiazole rings is 1. The van der Waals surface area contributed by atoms with Crippen molar-refractivity contribution in [3.8, 4) is 11.5 Å². The van der Waals surface area contributed by atoms with E-state index >= 15 is 0 Å². The average molecular weight is 690 g/mol. The lowest BCUT2D eigenvalue weighted by molar-refractivity contribution is -0.137. The number of imide groups is 1. The van der Waals surface area contributed by atoms with E-state index in [2.05, 4.69) is 5.32 Å². The second-order valence-corrected chi connectivity index (χ2v) is 13.0. The normalized spacial score (nSPS) is 19.1. The lowest BCUT2D eigenvalue weighted by atomic mass is 9.83. The van der Waals surface area contributed by atoms with Gasteiger partial charge >= 0.3 is 11.0 Å². The quantitative estimate of drug-likeness (QED) is 0.236. The monoisotopic (exact) mass is 689 g/mol. The van der Waals surface area contributed by atoms with Crippen LogP contribution in [0.3, 0.4) is 0 Å². The van der Waals surface area contributed by atoms with Gasteiger partial charge in [-0.1, -0.05) is 46.8 Å². The van der Waals surface area contributed by atoms with Crippen LogP contribution in [0.25, 0.3) is 0 Å². The smallest absolute Gasteiger partial charge is 0.416 e. The molecule has 0 radical (unpaired) electrons. The van der Waals surface area contributed by atoms with E-state index in [0.29, 0.717) is 37.7 Å². The number of benzene rings is 3. The molecule has 238 valence electrons. The summed E-state index contributed by atoms with van der Waals surface area (Å²) in [5.41, 5.74) is -0.121. The number of nitrogens with zero attached hydrogens (tertiary/aromatic N) is 2. The fourth-order valence-electron chi connectivity index (χ4n) is 5.62. The van der Waals surface area contributed by atoms with Crippen LogP contribution >= 0.6 is 34.7 Å². The molecule has 0 saturated carbocycles. The number of amides is 3. The zero-order chi connectivity index (χ0) is 32.9. The van der Waals surface area contributed by atoms with E-state index in [1.165, 1.54) is 24.9 Å². The molecule has 46 heavy (non-hydrogen) atoms. The number of carbonyl (C=O) groups is 3. The molecule has 4 aromatic rings. The van der Waals surface area contributed by atoms with Crippen LogP contribution in [0.15, 0.2) is 76.6 Å². The van der Waals surface area contributed by atoms with Crippen LogP contribution in [0.4, 0.5) is 24.5 Å². The summed E-state index contributed by atoms with van der Waals surface area (Å²) in [4.78, 5) is 55.4. The molecule has 1 aromatic heterocycles. The van der Waals surface area contributed by atoms with Crippen molar-refractivity contribution < 1.29 is 37.0 Å². The standard InChI is InChI=1S/C31H23ClF3N3O6S2/c1-43-20-11-6-15(12-21(20)44-2)23-24-25(28(41)38(27(24)40)19-9-7-17(32)8-10-19)45-29-26(23)46-30(42)37(29)14-22(39)36-18-5-3-4-16(13-18)31(33,34)35/h3-13,23-25H,14H2,1-2H3,(H,36,39)/t23-,24+,25-/m0/s1. The number of alkyl halides is 3. The van der Waals surface area contributed by atoms with Gasteiger partial charge < -0.3 is 14.8 Å². The Hall–Kier alpha value is -4.27. The molecule has 3 heterocycles. The SMILES string of the molecule is COc1ccc([C@@H]2c3sc(=O)n(CC(=O)Nc4cccc(C(F)(F)F)c4)c3S[C@@H]3C(=O)N(c4ccc(Cl)cc4)C(=O)[C@H]23)cc1OC. The molecule has 0 bridgehead atoms. The minimum absolute atomic E-state index is 0.0944. The van der Waals surface area contributed by atoms with Gasteiger partial charge in [0, 0.05) is 21.5 Å². The third-order valence-electron chi connectivity index (χ3n) is 7.68. The van der Waals surface area contributed by atoms with E-state index in [0.717, 1.165) is 46.2 Å². The number of aromatic nitrogens is 1. The van der Waals surface area contributed by atoms with Crippen molar-refractivity contribution in [2.24, 2.45) is 5.92 Å². The van der Waals surface area contributed by atoms with Crippen molar-refractivity contribution in [2.45, 2.75) is 28.9 Å². The van der Waals surface area contributed by atoms with Crippen molar-refractivity contribution in [3.05, 3.63) is 97.4 Å². The molecule has 9 nitrogen and oxygen atoms in total. The highest BCUT2D eigenvalue weighted by Gasteiger charge is 2.57. The third kappa shape index (κ3) is 5.65. The Labute approximate surface area is 272 Å². The minimum atomic E-state index is -4.61. The molecular formula is C31H23ClF3N3O6S2. The van der Waals surface area contributed by atoms with E-state index < -0.39 is 58.0 Å². The zero-order valence-electron chi connectivity index (χ0n) is 24.0. The topological polar surface area (TPSA) is 107 Å². The van der Waals surface area contributed by atoms with Gasteiger partial charge in [-0.05, 0) is 60.2 Å². The summed E-state index contributed by atoms with van der Waals surface area (Å²) in [7, 11) is 2.93. The third-order valence-corrected chi connectivity index (χ3v) is 10.5. The second kappa shape index (κ2) is 12.2. The predicted octanol–water partition coefficient (Wildman–Crippen LogP) is 6.03. The molecular weight excluding hydrogens is 667 g/mol. The predicted molar refractivity (Wildman–Crippen MR) is 167 cm³/mol. The van der Waals surface area contributed by atoms with Gasteiger partial charge in [0.25, 0.3) is 0 Å². The lowest BCUT2D eigenvalue weighted by Crippen LogP contribution is -2.33. The van der Waals surface area contributed by atoms with Crippen molar-refractivity contribution in [1.82, 2.24) is 4.57 Å². The first-order valence-electron chi connectivity index (χ1n) is 13.6. The van der Waals surface area contributed by atoms with Crippen molar-refractivity contribution in [2.75, 3.05) is 24.4 Å². The minimum Gasteiger partial charge on any atom is -0.493 e. The highest BCUT2D eigenvalue weighted by atomic mass is 35.5. The van der Waals surface area contributed by atoms with Crippen LogP contribution in [-0.4, -0.2) is 41.8 Å². The summed E-state index contributed by atoms with van der Waals surface area (Å²) in [6, 6.07) is 15.5. The molecule has 3 aromatic carbocycles. The molecule has 0 spiro atoms. The summed E-state index contributed by atoms with van der Waals surface area (Å²) < 4.78 is 51.7. The molecule has 2 aliphatic heterocycles. The first-order chi connectivity index (χ1) is 21.9. The Kier molecular flexibility index (Phi) is 8.38. The molecule has 1 N–H and O–H groups in total. The number of fused-ring (bicyclic) bond motifs is 2. The van der Waals surface area contributed by atoms with Crippen molar-refractivity contribution in [3.63, 3.8) is 0 Å². The first kappa shape index (κ1) is 31.7. The Morgan fingerprint density at radius 3 is 2.35 bits per heavy atom.